The zero-order valence-corrected chi connectivity index (χ0v) is 14.1. The number of likely N-dealkylation sites (tertiary alicyclic amines) is 1. The monoisotopic (exact) mass is 343 g/mol. The van der Waals surface area contributed by atoms with Crippen LogP contribution in [0.5, 0.6) is 5.75 Å². The predicted octanol–water partition coefficient (Wildman–Crippen LogP) is 2.13. The van der Waals surface area contributed by atoms with Crippen molar-refractivity contribution in [2.24, 2.45) is 0 Å². The zero-order chi connectivity index (χ0) is 17.8. The number of amides is 1. The maximum Gasteiger partial charge on any atom is 0.338 e. The number of piperidine rings is 1. The lowest BCUT2D eigenvalue weighted by molar-refractivity contribution is -0.134. The summed E-state index contributed by atoms with van der Waals surface area (Å²) in [6, 6.07) is 7.73. The second-order valence-corrected chi connectivity index (χ2v) is 6.23. The first-order valence-electron chi connectivity index (χ1n) is 8.27. The third kappa shape index (κ3) is 4.17. The average Bonchev–Trinajstić information content (AvgIpc) is 3.10. The third-order valence-electron chi connectivity index (χ3n) is 4.39. The number of carbonyl (C=O) groups excluding carboxylic acids is 1. The molecule has 1 aromatic carbocycles. The molecular formula is C18H21N3O4. The summed E-state index contributed by atoms with van der Waals surface area (Å²) in [4.78, 5) is 25.0. The lowest BCUT2D eigenvalue weighted by Gasteiger charge is -2.32. The molecule has 132 valence electrons. The molecule has 0 spiro atoms. The number of hydrogen-bond donors (Lipinski definition) is 1. The van der Waals surface area contributed by atoms with Gasteiger partial charge >= 0.3 is 5.97 Å². The molecule has 0 bridgehead atoms. The zero-order valence-electron chi connectivity index (χ0n) is 14.1. The van der Waals surface area contributed by atoms with Gasteiger partial charge in [-0.25, -0.2) is 4.79 Å². The number of benzene rings is 1. The number of rotatable bonds is 5. The fraction of sp³-hybridized carbons (Fsp3) is 0.389. The molecule has 1 aliphatic heterocycles. The van der Waals surface area contributed by atoms with Gasteiger partial charge in [-0.1, -0.05) is 12.1 Å². The Hall–Kier alpha value is -2.83. The SMILES string of the molecule is Cc1cccc(OCC(=O)N2CCC(n3cc(C(=O)O)cn3)CC2)c1. The average molecular weight is 343 g/mol. The second-order valence-electron chi connectivity index (χ2n) is 6.23. The quantitative estimate of drug-likeness (QED) is 0.899. The maximum absolute atomic E-state index is 12.3. The number of aryl methyl sites for hydroxylation is 1. The van der Waals surface area contributed by atoms with E-state index in [0.29, 0.717) is 18.8 Å². The van der Waals surface area contributed by atoms with Crippen molar-refractivity contribution in [3.05, 3.63) is 47.8 Å². The Morgan fingerprint density at radius 3 is 2.72 bits per heavy atom. The molecule has 0 radical (unpaired) electrons. The Labute approximate surface area is 145 Å². The molecule has 7 heteroatoms. The minimum Gasteiger partial charge on any atom is -0.484 e. The molecule has 1 aliphatic rings. The van der Waals surface area contributed by atoms with E-state index in [9.17, 15) is 9.59 Å². The standard InChI is InChI=1S/C18H21N3O4/c1-13-3-2-4-16(9-13)25-12-17(22)20-7-5-15(6-8-20)21-11-14(10-19-21)18(23)24/h2-4,9-11,15H,5-8,12H2,1H3,(H,23,24). The molecule has 1 N–H and O–H groups in total. The van der Waals surface area contributed by atoms with E-state index in [-0.39, 0.29) is 24.1 Å². The Kier molecular flexibility index (Phi) is 5.02. The smallest absolute Gasteiger partial charge is 0.338 e. The molecule has 1 amide bonds. The van der Waals surface area contributed by atoms with E-state index < -0.39 is 5.97 Å². The van der Waals surface area contributed by atoms with Crippen LogP contribution in [-0.2, 0) is 4.79 Å². The lowest BCUT2D eigenvalue weighted by Crippen LogP contribution is -2.41. The van der Waals surface area contributed by atoms with Crippen LogP contribution in [-0.4, -0.2) is 51.4 Å². The van der Waals surface area contributed by atoms with Gasteiger partial charge in [-0.3, -0.25) is 9.48 Å². The van der Waals surface area contributed by atoms with E-state index in [2.05, 4.69) is 5.10 Å². The van der Waals surface area contributed by atoms with Crippen molar-refractivity contribution in [1.82, 2.24) is 14.7 Å². The Morgan fingerprint density at radius 2 is 2.08 bits per heavy atom. The van der Waals surface area contributed by atoms with Crippen LogP contribution in [0.1, 0.15) is 34.8 Å². The van der Waals surface area contributed by atoms with Gasteiger partial charge in [-0.2, -0.15) is 5.10 Å². The molecule has 1 saturated heterocycles. The van der Waals surface area contributed by atoms with Crippen molar-refractivity contribution < 1.29 is 19.4 Å². The number of aromatic nitrogens is 2. The molecule has 1 fully saturated rings. The van der Waals surface area contributed by atoms with E-state index in [1.54, 1.807) is 15.8 Å². The number of nitrogens with zero attached hydrogens (tertiary/aromatic N) is 3. The van der Waals surface area contributed by atoms with Crippen LogP contribution in [0.25, 0.3) is 0 Å². The molecule has 25 heavy (non-hydrogen) atoms. The van der Waals surface area contributed by atoms with Crippen LogP contribution in [0.15, 0.2) is 36.7 Å². The molecule has 2 heterocycles. The Balaban J connectivity index is 1.49. The highest BCUT2D eigenvalue weighted by atomic mass is 16.5. The number of ether oxygens (including phenoxy) is 1. The Bertz CT molecular complexity index is 763. The molecule has 0 aliphatic carbocycles. The van der Waals surface area contributed by atoms with Crippen LogP contribution < -0.4 is 4.74 Å². The van der Waals surface area contributed by atoms with E-state index in [4.69, 9.17) is 9.84 Å². The van der Waals surface area contributed by atoms with Crippen molar-refractivity contribution in [2.45, 2.75) is 25.8 Å². The minimum absolute atomic E-state index is 0.0268. The summed E-state index contributed by atoms with van der Waals surface area (Å²) in [5, 5.41) is 13.1. The van der Waals surface area contributed by atoms with Crippen molar-refractivity contribution in [3.63, 3.8) is 0 Å². The molecule has 7 nitrogen and oxygen atoms in total. The van der Waals surface area contributed by atoms with Gasteiger partial charge in [0.25, 0.3) is 5.91 Å². The Morgan fingerprint density at radius 1 is 1.32 bits per heavy atom. The highest BCUT2D eigenvalue weighted by Crippen LogP contribution is 2.22. The summed E-state index contributed by atoms with van der Waals surface area (Å²) >= 11 is 0. The first kappa shape index (κ1) is 17.0. The fourth-order valence-corrected chi connectivity index (χ4v) is 2.97. The largest absolute Gasteiger partial charge is 0.484 e. The van der Waals surface area contributed by atoms with Gasteiger partial charge in [0.2, 0.25) is 0 Å². The van der Waals surface area contributed by atoms with Gasteiger partial charge < -0.3 is 14.7 Å². The number of carbonyl (C=O) groups is 2. The normalized spacial score (nSPS) is 15.2. The first-order chi connectivity index (χ1) is 12.0. The molecule has 0 saturated carbocycles. The lowest BCUT2D eigenvalue weighted by atomic mass is 10.1. The van der Waals surface area contributed by atoms with Gasteiger partial charge in [0.1, 0.15) is 5.75 Å². The molecule has 2 aromatic rings. The number of hydrogen-bond acceptors (Lipinski definition) is 4. The summed E-state index contributed by atoms with van der Waals surface area (Å²) in [7, 11) is 0. The second kappa shape index (κ2) is 7.38. The van der Waals surface area contributed by atoms with Gasteiger partial charge in [0, 0.05) is 19.3 Å². The van der Waals surface area contributed by atoms with E-state index in [1.807, 2.05) is 31.2 Å². The van der Waals surface area contributed by atoms with E-state index in [0.717, 1.165) is 18.4 Å². The van der Waals surface area contributed by atoms with Crippen molar-refractivity contribution in [3.8, 4) is 5.75 Å². The molecular weight excluding hydrogens is 322 g/mol. The summed E-state index contributed by atoms with van der Waals surface area (Å²) in [6.45, 7) is 3.23. The predicted molar refractivity (Wildman–Crippen MR) is 90.7 cm³/mol. The number of aromatic carboxylic acids is 1. The third-order valence-corrected chi connectivity index (χ3v) is 4.39. The summed E-state index contributed by atoms with van der Waals surface area (Å²) < 4.78 is 7.26. The van der Waals surface area contributed by atoms with Gasteiger partial charge in [0.05, 0.1) is 17.8 Å². The number of carboxylic acids is 1. The van der Waals surface area contributed by atoms with Crippen LogP contribution in [0.2, 0.25) is 0 Å². The van der Waals surface area contributed by atoms with Crippen LogP contribution in [0.4, 0.5) is 0 Å². The van der Waals surface area contributed by atoms with Gasteiger partial charge in [0.15, 0.2) is 6.61 Å². The molecule has 1 aromatic heterocycles. The summed E-state index contributed by atoms with van der Waals surface area (Å²) in [5.41, 5.74) is 1.27. The van der Waals surface area contributed by atoms with E-state index in [1.165, 1.54) is 6.20 Å². The van der Waals surface area contributed by atoms with Crippen molar-refractivity contribution >= 4 is 11.9 Å². The summed E-state index contributed by atoms with van der Waals surface area (Å²) in [5.74, 6) is -0.320. The summed E-state index contributed by atoms with van der Waals surface area (Å²) in [6.07, 6.45) is 4.40. The maximum atomic E-state index is 12.3. The molecule has 0 unspecified atom stereocenters. The van der Waals surface area contributed by atoms with Gasteiger partial charge in [-0.15, -0.1) is 0 Å². The minimum atomic E-state index is -0.979. The van der Waals surface area contributed by atoms with E-state index >= 15 is 0 Å². The van der Waals surface area contributed by atoms with Crippen LogP contribution in [0.3, 0.4) is 0 Å². The fourth-order valence-electron chi connectivity index (χ4n) is 2.97. The van der Waals surface area contributed by atoms with Crippen molar-refractivity contribution in [1.29, 1.82) is 0 Å². The topological polar surface area (TPSA) is 84.7 Å². The van der Waals surface area contributed by atoms with Crippen LogP contribution in [0, 0.1) is 6.92 Å². The molecule has 3 rings (SSSR count). The van der Waals surface area contributed by atoms with Crippen molar-refractivity contribution in [2.75, 3.05) is 19.7 Å². The van der Waals surface area contributed by atoms with Crippen LogP contribution >= 0.6 is 0 Å². The highest BCUT2D eigenvalue weighted by Gasteiger charge is 2.25. The number of carboxylic acid groups (broad SMARTS) is 1. The van der Waals surface area contributed by atoms with Gasteiger partial charge in [-0.05, 0) is 37.5 Å². The molecule has 0 atom stereocenters. The highest BCUT2D eigenvalue weighted by molar-refractivity contribution is 5.86. The first-order valence-corrected chi connectivity index (χ1v) is 8.27.